The lowest BCUT2D eigenvalue weighted by molar-refractivity contribution is -0.142. The molecule has 0 spiro atoms. The van der Waals surface area contributed by atoms with Crippen molar-refractivity contribution in [2.45, 2.75) is 64.9 Å². The van der Waals surface area contributed by atoms with Crippen molar-refractivity contribution >= 4 is 108 Å². The number of hydrogen-bond acceptors (Lipinski definition) is 24. The first-order valence-electron chi connectivity index (χ1n) is 24.9. The number of amides is 3. The highest BCUT2D eigenvalue weighted by Crippen LogP contribution is 2.38. The topological polar surface area (TPSA) is 365 Å². The number of carboxylic acid groups (broad SMARTS) is 2. The van der Waals surface area contributed by atoms with Gasteiger partial charge in [-0.2, -0.15) is 4.98 Å². The second-order valence-electron chi connectivity index (χ2n) is 18.2. The number of fused-ring (bicyclic) bond motifs is 2. The van der Waals surface area contributed by atoms with Crippen LogP contribution >= 0.6 is 32.9 Å². The van der Waals surface area contributed by atoms with Gasteiger partial charge in [-0.15, -0.1) is 11.3 Å². The predicted molar refractivity (Wildman–Crippen MR) is 293 cm³/mol. The van der Waals surface area contributed by atoms with Gasteiger partial charge in [0.2, 0.25) is 11.9 Å². The molecule has 3 atom stereocenters. The van der Waals surface area contributed by atoms with Crippen molar-refractivity contribution < 1.29 is 53.2 Å². The molecule has 0 bridgehead atoms. The molecule has 5 aromatic heterocycles. The number of nitrogens with one attached hydrogen (secondary N) is 4. The van der Waals surface area contributed by atoms with Gasteiger partial charge in [0, 0.05) is 92.3 Å². The Morgan fingerprint density at radius 1 is 0.873 bits per heavy atom. The molecule has 2 aliphatic rings. The zero-order chi connectivity index (χ0) is 56.2. The van der Waals surface area contributed by atoms with Crippen LogP contribution in [0.5, 0.6) is 0 Å². The quantitative estimate of drug-likeness (QED) is 0.0275. The molecule has 0 saturated carbocycles. The van der Waals surface area contributed by atoms with Crippen molar-refractivity contribution in [1.29, 1.82) is 0 Å². The van der Waals surface area contributed by atoms with Gasteiger partial charge in [-0.25, -0.2) is 44.3 Å². The molecule has 7 heterocycles. The molecule has 27 nitrogen and oxygen atoms in total. The van der Waals surface area contributed by atoms with Crippen LogP contribution in [-0.2, 0) is 46.5 Å². The number of rotatable bonds is 23. The summed E-state index contributed by atoms with van der Waals surface area (Å²) in [6, 6.07) is 3.26. The number of morpholine rings is 1. The number of carbonyl (C=O) groups is 6. The van der Waals surface area contributed by atoms with E-state index in [4.69, 9.17) is 29.9 Å². The number of aliphatic carboxylic acids is 2. The van der Waals surface area contributed by atoms with E-state index in [2.05, 4.69) is 62.6 Å². The molecule has 8 N–H and O–H groups in total. The minimum absolute atomic E-state index is 0.0181. The Kier molecular flexibility index (Phi) is 19.4. The smallest absolute Gasteiger partial charge is 0.480 e. The van der Waals surface area contributed by atoms with Crippen LogP contribution in [-0.4, -0.2) is 184 Å². The fraction of sp³-hybridized carbons (Fsp3) is 0.429. The van der Waals surface area contributed by atoms with Crippen molar-refractivity contribution in [3.05, 3.63) is 80.7 Å². The zero-order valence-corrected chi connectivity index (χ0v) is 45.6. The van der Waals surface area contributed by atoms with E-state index in [1.54, 1.807) is 40.8 Å². The number of thiophene rings is 1. The van der Waals surface area contributed by atoms with E-state index >= 15 is 0 Å². The number of nitrogens with two attached hydrogens (primary N) is 1. The van der Waals surface area contributed by atoms with E-state index in [0.717, 1.165) is 42.8 Å². The van der Waals surface area contributed by atoms with Crippen molar-refractivity contribution in [3.63, 3.8) is 0 Å². The number of ether oxygens (including phenoxy) is 3. The molecule has 2 fully saturated rings. The Hall–Kier alpha value is -7.80. The van der Waals surface area contributed by atoms with Crippen molar-refractivity contribution in [2.24, 2.45) is 0 Å². The lowest BCUT2D eigenvalue weighted by Gasteiger charge is -2.35. The van der Waals surface area contributed by atoms with Gasteiger partial charge in [0.25, 0.3) is 17.4 Å². The maximum Gasteiger partial charge on any atom is 0.509 e. The Bertz CT molecular complexity index is 3250. The number of nitrogen functional groups attached to an aromatic ring is 1. The summed E-state index contributed by atoms with van der Waals surface area (Å²) in [5, 5.41) is 27.4. The van der Waals surface area contributed by atoms with Gasteiger partial charge in [-0.1, -0.05) is 21.6 Å². The first-order valence-corrected chi connectivity index (χ1v) is 28.2. The van der Waals surface area contributed by atoms with E-state index in [9.17, 15) is 43.8 Å². The summed E-state index contributed by atoms with van der Waals surface area (Å²) >= 11 is 1.67. The summed E-state index contributed by atoms with van der Waals surface area (Å²) in [7, 11) is 2.27. The van der Waals surface area contributed by atoms with E-state index in [0.29, 0.717) is 82.1 Å². The van der Waals surface area contributed by atoms with Crippen LogP contribution in [0.1, 0.15) is 52.1 Å². The largest absolute Gasteiger partial charge is 0.509 e. The SMILES string of the molecule is Cc1ncc(-c2nc(N3CCOCC3)c3sc(CN4CCN(C(=O)C(C)OC(=O)OCCSSCC(NC(=O)CCC(NC(=O)c5ccc(NCc6cnc7nc(N)[nH]c(=O)c7n6)cc5)C(=O)O)C(=O)O)CC4)c(C)c3n2)cn1. The highest BCUT2D eigenvalue weighted by atomic mass is 33.1. The molecule has 8 rings (SSSR count). The number of benzene rings is 1. The molecule has 30 heteroatoms. The first-order chi connectivity index (χ1) is 38.0. The van der Waals surface area contributed by atoms with Gasteiger partial charge in [0.15, 0.2) is 28.9 Å². The average Bonchev–Trinajstić information content (AvgIpc) is 4.00. The summed E-state index contributed by atoms with van der Waals surface area (Å²) < 4.78 is 17.1. The van der Waals surface area contributed by atoms with Crippen LogP contribution in [0.2, 0.25) is 0 Å². The van der Waals surface area contributed by atoms with Crippen LogP contribution in [0.3, 0.4) is 0 Å². The normalized spacial score (nSPS) is 15.0. The molecule has 79 heavy (non-hydrogen) atoms. The number of H-pyrrole nitrogens is 1. The van der Waals surface area contributed by atoms with Gasteiger partial charge in [0.05, 0.1) is 47.4 Å². The van der Waals surface area contributed by atoms with E-state index in [1.165, 1.54) is 36.0 Å². The molecule has 3 unspecified atom stereocenters. The summed E-state index contributed by atoms with van der Waals surface area (Å²) in [6.07, 6.45) is 2.04. The lowest BCUT2D eigenvalue weighted by Crippen LogP contribution is -2.51. The maximum absolute atomic E-state index is 13.3. The van der Waals surface area contributed by atoms with Crippen molar-refractivity contribution in [3.8, 4) is 11.4 Å². The molecule has 2 aliphatic heterocycles. The third kappa shape index (κ3) is 15.3. The van der Waals surface area contributed by atoms with Crippen LogP contribution in [0.4, 0.5) is 22.2 Å². The molecule has 418 valence electrons. The minimum atomic E-state index is -1.47. The third-order valence-corrected chi connectivity index (χ3v) is 16.2. The highest BCUT2D eigenvalue weighted by Gasteiger charge is 2.30. The number of aryl methyl sites for hydroxylation is 2. The van der Waals surface area contributed by atoms with Gasteiger partial charge < -0.3 is 55.9 Å². The van der Waals surface area contributed by atoms with Gasteiger partial charge >= 0.3 is 18.1 Å². The Balaban J connectivity index is 0.708. The second-order valence-corrected chi connectivity index (χ2v) is 21.9. The van der Waals surface area contributed by atoms with Gasteiger partial charge in [-0.3, -0.25) is 29.1 Å². The molecule has 0 aliphatic carbocycles. The number of carboxylic acids is 2. The Labute approximate surface area is 462 Å². The van der Waals surface area contributed by atoms with E-state index in [-0.39, 0.29) is 59.7 Å². The first kappa shape index (κ1) is 57.4. The molecular weight excluding hydrogens is 1090 g/mol. The number of carbonyl (C=O) groups excluding carboxylic acids is 4. The van der Waals surface area contributed by atoms with Crippen LogP contribution < -0.4 is 32.1 Å². The minimum Gasteiger partial charge on any atom is -0.480 e. The number of nitrogens with zero attached hydrogens (tertiary/aromatic N) is 10. The van der Waals surface area contributed by atoms with E-state index < -0.39 is 60.1 Å². The molecule has 6 aromatic rings. The summed E-state index contributed by atoms with van der Waals surface area (Å²) in [5.41, 5.74) is 8.95. The van der Waals surface area contributed by atoms with Gasteiger partial charge in [0.1, 0.15) is 24.5 Å². The van der Waals surface area contributed by atoms with Crippen molar-refractivity contribution in [1.82, 2.24) is 60.3 Å². The molecule has 3 amide bonds. The molecular formula is C49H57N15O12S3. The fourth-order valence-electron chi connectivity index (χ4n) is 8.25. The van der Waals surface area contributed by atoms with Crippen LogP contribution in [0, 0.1) is 13.8 Å². The highest BCUT2D eigenvalue weighted by molar-refractivity contribution is 8.76. The Morgan fingerprint density at radius 2 is 1.59 bits per heavy atom. The second kappa shape index (κ2) is 26.7. The van der Waals surface area contributed by atoms with Gasteiger partial charge in [-0.05, 0) is 57.0 Å². The molecule has 1 aromatic carbocycles. The standard InChI is InChI=1S/C49H57N15O12S3/c1-26-35(79-39-37(26)58-40(30-20-51-28(3)52-21-30)59-42(39)63-14-16-74-17-15-63)24-62-10-12-64(13-11-62)45(68)27(2)76-49(73)75-18-19-77-78-25-34(47(71)72)56-36(65)9-8-33(46(69)70)57-43(66)29-4-6-31(7-5-29)53-22-32-23-54-41-38(55-32)44(67)61-48(50)60-41/h4-7,20-21,23,27,33-34,53H,8-19,22,24-25H2,1-3H3,(H,56,65)(H,57,66)(H,69,70)(H,71,72)(H3,50,54,60,61,67). The summed E-state index contributed by atoms with van der Waals surface area (Å²) in [6.45, 7) is 10.8. The fourth-order valence-corrected chi connectivity index (χ4v) is 11.5. The maximum atomic E-state index is 13.3. The predicted octanol–water partition coefficient (Wildman–Crippen LogP) is 2.62. The number of piperazine rings is 1. The van der Waals surface area contributed by atoms with E-state index in [1.807, 2.05) is 6.92 Å². The summed E-state index contributed by atoms with van der Waals surface area (Å²) in [4.78, 5) is 128. The number of aromatic amines is 1. The molecule has 2 saturated heterocycles. The average molecular weight is 1140 g/mol. The number of anilines is 3. The molecule has 0 radical (unpaired) electrons. The lowest BCUT2D eigenvalue weighted by atomic mass is 10.1. The number of aromatic nitrogens is 8. The summed E-state index contributed by atoms with van der Waals surface area (Å²) in [5.74, 6) is -2.38. The Morgan fingerprint density at radius 3 is 2.30 bits per heavy atom. The van der Waals surface area contributed by atoms with Crippen molar-refractivity contribution in [2.75, 3.05) is 86.5 Å². The number of hydrogen-bond donors (Lipinski definition) is 7. The monoisotopic (exact) mass is 1140 g/mol. The van der Waals surface area contributed by atoms with Crippen LogP contribution in [0.25, 0.3) is 32.8 Å². The zero-order valence-electron chi connectivity index (χ0n) is 43.1. The third-order valence-electron chi connectivity index (χ3n) is 12.6. The van der Waals surface area contributed by atoms with Crippen LogP contribution in [0.15, 0.2) is 47.7 Å².